The van der Waals surface area contributed by atoms with E-state index in [2.05, 4.69) is 10.6 Å². The molecule has 2 aromatic rings. The highest BCUT2D eigenvalue weighted by Crippen LogP contribution is 2.37. The van der Waals surface area contributed by atoms with E-state index >= 15 is 0 Å². The molecule has 40 heavy (non-hydrogen) atoms. The predicted octanol–water partition coefficient (Wildman–Crippen LogP) is 4.42. The Morgan fingerprint density at radius 1 is 0.600 bits per heavy atom. The van der Waals surface area contributed by atoms with Crippen molar-refractivity contribution in [3.05, 3.63) is 48.5 Å². The van der Waals surface area contributed by atoms with E-state index in [9.17, 15) is 9.59 Å². The summed E-state index contributed by atoms with van der Waals surface area (Å²) in [5, 5.41) is 5.89. The molecule has 2 N–H and O–H groups in total. The molecule has 0 radical (unpaired) electrons. The molecular weight excluding hydrogens is 506 g/mol. The summed E-state index contributed by atoms with van der Waals surface area (Å²) in [6, 6.07) is 15.1. The Morgan fingerprint density at radius 2 is 0.925 bits per heavy atom. The maximum atomic E-state index is 12.5. The third kappa shape index (κ3) is 6.79. The Labute approximate surface area is 239 Å². The van der Waals surface area contributed by atoms with Gasteiger partial charge in [0, 0.05) is 24.2 Å². The van der Waals surface area contributed by atoms with Gasteiger partial charge in [-0.05, 0) is 103 Å². The number of rotatable bonds is 9. The van der Waals surface area contributed by atoms with E-state index in [1.165, 1.54) is 0 Å². The van der Waals surface area contributed by atoms with Gasteiger partial charge in [0.05, 0.1) is 22.4 Å². The van der Waals surface area contributed by atoms with Gasteiger partial charge in [-0.1, -0.05) is 24.3 Å². The van der Waals surface area contributed by atoms with Crippen LogP contribution in [0.5, 0.6) is 0 Å². The van der Waals surface area contributed by atoms with Crippen LogP contribution in [-0.2, 0) is 28.2 Å². The first-order valence-electron chi connectivity index (χ1n) is 14.1. The molecule has 2 heterocycles. The van der Waals surface area contributed by atoms with Crippen LogP contribution in [0.4, 0.5) is 11.4 Å². The van der Waals surface area contributed by atoms with Crippen LogP contribution in [0.3, 0.4) is 0 Å². The summed E-state index contributed by atoms with van der Waals surface area (Å²) in [5.74, 6) is -0.192. The summed E-state index contributed by atoms with van der Waals surface area (Å²) in [6.45, 7) is 16.1. The molecule has 2 aliphatic rings. The van der Waals surface area contributed by atoms with Crippen LogP contribution in [0, 0.1) is 0 Å². The first kappa shape index (κ1) is 30.3. The molecule has 10 heteroatoms. The normalized spacial score (nSPS) is 20.4. The molecule has 2 aromatic carbocycles. The van der Waals surface area contributed by atoms with Crippen LogP contribution < -0.4 is 21.6 Å². The molecule has 2 aliphatic heterocycles. The highest BCUT2D eigenvalue weighted by atomic mass is 16.7. The summed E-state index contributed by atoms with van der Waals surface area (Å²) in [7, 11) is -0.976. The fourth-order valence-corrected chi connectivity index (χ4v) is 4.50. The second kappa shape index (κ2) is 11.3. The lowest BCUT2D eigenvalue weighted by Gasteiger charge is -2.32. The van der Waals surface area contributed by atoms with Crippen molar-refractivity contribution < 1.29 is 28.2 Å². The number of hydrogen-bond donors (Lipinski definition) is 2. The molecule has 0 aromatic heterocycles. The Balaban J connectivity index is 1.20. The van der Waals surface area contributed by atoms with Crippen molar-refractivity contribution in [2.75, 3.05) is 10.6 Å². The largest absolute Gasteiger partial charge is 0.494 e. The van der Waals surface area contributed by atoms with Crippen LogP contribution in [-0.4, -0.2) is 48.5 Å². The van der Waals surface area contributed by atoms with Crippen molar-refractivity contribution in [1.82, 2.24) is 0 Å². The van der Waals surface area contributed by atoms with Crippen LogP contribution in [0.15, 0.2) is 48.5 Å². The topological polar surface area (TPSA) is 95.1 Å². The Bertz CT molecular complexity index is 1120. The smallest absolute Gasteiger partial charge is 0.399 e. The molecule has 0 saturated carbocycles. The van der Waals surface area contributed by atoms with Crippen molar-refractivity contribution in [2.24, 2.45) is 0 Å². The summed E-state index contributed by atoms with van der Waals surface area (Å²) in [4.78, 5) is 25.1. The van der Waals surface area contributed by atoms with Crippen molar-refractivity contribution in [3.63, 3.8) is 0 Å². The van der Waals surface area contributed by atoms with Gasteiger partial charge in [0.25, 0.3) is 0 Å². The van der Waals surface area contributed by atoms with E-state index in [1.807, 2.05) is 104 Å². The zero-order valence-electron chi connectivity index (χ0n) is 25.1. The Hall–Kier alpha value is -2.65. The van der Waals surface area contributed by atoms with E-state index in [4.69, 9.17) is 18.6 Å². The summed E-state index contributed by atoms with van der Waals surface area (Å²) in [5.41, 5.74) is 1.37. The average molecular weight is 548 g/mol. The molecule has 0 spiro atoms. The van der Waals surface area contributed by atoms with Gasteiger partial charge in [0.1, 0.15) is 0 Å². The SMILES string of the molecule is CC1(C)OB(c2cccc(NC(=O)CCCCC(=O)Nc3cccc(B4OC(C)(C)C(C)(C)O4)c3)c2)OC1(C)C. The second-order valence-electron chi connectivity index (χ2n) is 12.7. The van der Waals surface area contributed by atoms with Gasteiger partial charge in [-0.15, -0.1) is 0 Å². The first-order valence-corrected chi connectivity index (χ1v) is 14.1. The number of anilines is 2. The highest BCUT2D eigenvalue weighted by Gasteiger charge is 2.52. The van der Waals surface area contributed by atoms with Crippen molar-refractivity contribution in [3.8, 4) is 0 Å². The first-order chi connectivity index (χ1) is 18.6. The summed E-state index contributed by atoms with van der Waals surface area (Å²) in [6.07, 6.45) is 1.85. The lowest BCUT2D eigenvalue weighted by molar-refractivity contribution is -0.118. The van der Waals surface area contributed by atoms with Crippen molar-refractivity contribution in [1.29, 1.82) is 0 Å². The maximum Gasteiger partial charge on any atom is 0.494 e. The highest BCUT2D eigenvalue weighted by molar-refractivity contribution is 6.62. The zero-order chi connectivity index (χ0) is 29.3. The lowest BCUT2D eigenvalue weighted by Crippen LogP contribution is -2.41. The lowest BCUT2D eigenvalue weighted by atomic mass is 9.79. The minimum Gasteiger partial charge on any atom is -0.399 e. The van der Waals surface area contributed by atoms with E-state index in [0.717, 1.165) is 10.9 Å². The third-order valence-corrected chi connectivity index (χ3v) is 8.45. The molecule has 8 nitrogen and oxygen atoms in total. The van der Waals surface area contributed by atoms with Gasteiger partial charge < -0.3 is 29.3 Å². The van der Waals surface area contributed by atoms with Gasteiger partial charge in [-0.3, -0.25) is 9.59 Å². The molecule has 2 saturated heterocycles. The number of unbranched alkanes of at least 4 members (excludes halogenated alkanes) is 1. The Kier molecular flexibility index (Phi) is 8.58. The monoisotopic (exact) mass is 548 g/mol. The number of amides is 2. The van der Waals surface area contributed by atoms with Crippen molar-refractivity contribution in [2.45, 2.75) is 103 Å². The molecule has 214 valence electrons. The molecule has 0 atom stereocenters. The fourth-order valence-electron chi connectivity index (χ4n) is 4.50. The molecule has 2 fully saturated rings. The van der Waals surface area contributed by atoms with Gasteiger partial charge in [0.2, 0.25) is 11.8 Å². The van der Waals surface area contributed by atoms with Crippen LogP contribution in [0.2, 0.25) is 0 Å². The number of hydrogen-bond acceptors (Lipinski definition) is 6. The maximum absolute atomic E-state index is 12.5. The van der Waals surface area contributed by atoms with Crippen LogP contribution >= 0.6 is 0 Å². The second-order valence-corrected chi connectivity index (χ2v) is 12.7. The van der Waals surface area contributed by atoms with Gasteiger partial charge in [-0.25, -0.2) is 0 Å². The minimum absolute atomic E-state index is 0.0958. The number of nitrogens with one attached hydrogen (secondary N) is 2. The summed E-state index contributed by atoms with van der Waals surface area (Å²) >= 11 is 0. The zero-order valence-corrected chi connectivity index (χ0v) is 25.1. The average Bonchev–Trinajstić information content (AvgIpc) is 3.22. The third-order valence-electron chi connectivity index (χ3n) is 8.45. The molecule has 0 aliphatic carbocycles. The molecule has 0 bridgehead atoms. The number of carbonyl (C=O) groups excluding carboxylic acids is 2. The van der Waals surface area contributed by atoms with E-state index in [-0.39, 0.29) is 11.8 Å². The van der Waals surface area contributed by atoms with Crippen LogP contribution in [0.1, 0.15) is 81.1 Å². The van der Waals surface area contributed by atoms with E-state index in [1.54, 1.807) is 0 Å². The van der Waals surface area contributed by atoms with Crippen molar-refractivity contribution >= 4 is 48.4 Å². The van der Waals surface area contributed by atoms with Gasteiger partial charge in [-0.2, -0.15) is 0 Å². The summed E-state index contributed by atoms with van der Waals surface area (Å²) < 4.78 is 24.5. The van der Waals surface area contributed by atoms with E-state index < -0.39 is 36.6 Å². The standard InChI is InChI=1S/C30H42B2N2O6/c1-27(2)28(3,4)38-31(37-27)21-13-11-15-23(19-21)33-25(35)17-9-10-18-26(36)34-24-16-12-14-22(20-24)32-39-29(5,6)30(7,8)40-32/h11-16,19-20H,9-10,17-18H2,1-8H3,(H,33,35)(H,34,36). The van der Waals surface area contributed by atoms with Crippen LogP contribution in [0.25, 0.3) is 0 Å². The molecule has 0 unspecified atom stereocenters. The quantitative estimate of drug-likeness (QED) is 0.356. The number of benzene rings is 2. The molecule has 4 rings (SSSR count). The fraction of sp³-hybridized carbons (Fsp3) is 0.533. The van der Waals surface area contributed by atoms with E-state index in [0.29, 0.717) is 37.1 Å². The minimum atomic E-state index is -0.488. The molecule has 2 amide bonds. The van der Waals surface area contributed by atoms with Gasteiger partial charge in [0.15, 0.2) is 0 Å². The Morgan fingerprint density at radius 3 is 1.25 bits per heavy atom. The molecular formula is C30H42B2N2O6. The number of carbonyl (C=O) groups is 2. The predicted molar refractivity (Wildman–Crippen MR) is 160 cm³/mol. The van der Waals surface area contributed by atoms with Gasteiger partial charge >= 0.3 is 14.2 Å².